The predicted octanol–water partition coefficient (Wildman–Crippen LogP) is 6.54. The van der Waals surface area contributed by atoms with E-state index < -0.39 is 11.2 Å². The van der Waals surface area contributed by atoms with Gasteiger partial charge >= 0.3 is 0 Å². The molecule has 2 N–H and O–H groups in total. The first-order valence-corrected chi connectivity index (χ1v) is 12.8. The zero-order valence-corrected chi connectivity index (χ0v) is 21.3. The van der Waals surface area contributed by atoms with Gasteiger partial charge in [0.15, 0.2) is 5.78 Å². The highest BCUT2D eigenvalue weighted by Gasteiger charge is 2.49. The third-order valence-corrected chi connectivity index (χ3v) is 7.88. The number of allylic oxidation sites excluding steroid dienone is 2. The van der Waals surface area contributed by atoms with Crippen LogP contribution in [-0.2, 0) is 0 Å². The lowest BCUT2D eigenvalue weighted by Crippen LogP contribution is -2.49. The summed E-state index contributed by atoms with van der Waals surface area (Å²) in [4.78, 5) is 23.9. The van der Waals surface area contributed by atoms with Crippen LogP contribution in [0.25, 0.3) is 0 Å². The average molecular weight is 537 g/mol. The number of fused-ring (bicyclic) bond motifs is 1. The molecule has 1 atom stereocenters. The van der Waals surface area contributed by atoms with Crippen LogP contribution in [0.5, 0.6) is 0 Å². The number of pyridine rings is 1. The number of Topliss-reactive ketones (excluding diaryl/α,β-unsaturated/α-hetero) is 1. The molecule has 0 radical (unpaired) electrons. The summed E-state index contributed by atoms with van der Waals surface area (Å²) >= 11 is 7.43. The van der Waals surface area contributed by atoms with E-state index in [-0.39, 0.29) is 16.6 Å². The van der Waals surface area contributed by atoms with Crippen LogP contribution in [-0.4, -0.2) is 33.9 Å². The van der Waals surface area contributed by atoms with Gasteiger partial charge in [-0.1, -0.05) is 23.2 Å². The molecule has 1 aliphatic heterocycles. The van der Waals surface area contributed by atoms with Gasteiger partial charge in [-0.25, -0.2) is 18.1 Å². The van der Waals surface area contributed by atoms with Gasteiger partial charge in [0.1, 0.15) is 17.3 Å². The van der Waals surface area contributed by atoms with Crippen LogP contribution < -0.4 is 5.73 Å². The van der Waals surface area contributed by atoms with Crippen LogP contribution >= 0.6 is 23.5 Å². The average Bonchev–Trinajstić information content (AvgIpc) is 2.92. The second-order valence-electron chi connectivity index (χ2n) is 8.92. The minimum atomic E-state index is -0.906. The van der Waals surface area contributed by atoms with Crippen molar-refractivity contribution in [3.63, 3.8) is 0 Å². The summed E-state index contributed by atoms with van der Waals surface area (Å²) in [6.07, 6.45) is 5.97. The van der Waals surface area contributed by atoms with Gasteiger partial charge in [-0.05, 0) is 97.2 Å². The van der Waals surface area contributed by atoms with E-state index in [1.807, 2.05) is 6.08 Å². The molecule has 5 nitrogen and oxygen atoms in total. The van der Waals surface area contributed by atoms with Gasteiger partial charge in [0.2, 0.25) is 0 Å². The third kappa shape index (κ3) is 5.23. The summed E-state index contributed by atoms with van der Waals surface area (Å²) in [6.45, 7) is 1.06. The minimum absolute atomic E-state index is 0.0505. The van der Waals surface area contributed by atoms with E-state index in [0.29, 0.717) is 48.6 Å². The number of carbonyl (C=O) groups excluding carboxylic acids is 1. The number of rotatable bonds is 5. The number of halogens is 3. The van der Waals surface area contributed by atoms with Gasteiger partial charge in [0.25, 0.3) is 0 Å². The number of carbonyl (C=O) groups is 1. The largest absolute Gasteiger partial charge is 0.404 e. The smallest absolute Gasteiger partial charge is 0.192 e. The van der Waals surface area contributed by atoms with Crippen molar-refractivity contribution in [3.05, 3.63) is 113 Å². The van der Waals surface area contributed by atoms with Crippen molar-refractivity contribution in [2.24, 2.45) is 16.1 Å². The Morgan fingerprint density at radius 1 is 1.16 bits per heavy atom. The Morgan fingerprint density at radius 3 is 2.68 bits per heavy atom. The summed E-state index contributed by atoms with van der Waals surface area (Å²) in [5, 5.41) is 0.0505. The summed E-state index contributed by atoms with van der Waals surface area (Å²) in [5.74, 6) is -0.913. The number of aromatic nitrogens is 1. The third-order valence-electron chi connectivity index (χ3n) is 6.56. The van der Waals surface area contributed by atoms with Crippen molar-refractivity contribution in [2.75, 3.05) is 13.1 Å². The van der Waals surface area contributed by atoms with Gasteiger partial charge in [0.05, 0.1) is 21.8 Å². The van der Waals surface area contributed by atoms with Crippen LogP contribution in [0.3, 0.4) is 0 Å². The molecule has 3 aromatic rings. The zero-order chi connectivity index (χ0) is 26.0. The van der Waals surface area contributed by atoms with E-state index in [1.54, 1.807) is 48.7 Å². The molecule has 188 valence electrons. The normalized spacial score (nSPS) is 22.1. The minimum Gasteiger partial charge on any atom is -0.404 e. The van der Waals surface area contributed by atoms with E-state index in [2.05, 4.69) is 9.29 Å². The monoisotopic (exact) mass is 536 g/mol. The van der Waals surface area contributed by atoms with Crippen molar-refractivity contribution in [2.45, 2.75) is 17.7 Å². The number of hydrogen-bond donors (Lipinski definition) is 1. The number of hydrogen-bond acceptors (Lipinski definition) is 6. The standard InChI is InChI=1S/C28H23ClF2N4OS/c29-23-14-22(8-9-24(23)31)37-35-12-10-19-13-26(34-21-6-4-20(30)5-7-21)18(16-32)15-28(19,17-35)27(36)25-3-1-2-11-33-25/h1-9,11,13-14,16H,10,12,15,17,32H2. The zero-order valence-electron chi connectivity index (χ0n) is 19.7. The van der Waals surface area contributed by atoms with Gasteiger partial charge < -0.3 is 5.73 Å². The van der Waals surface area contributed by atoms with E-state index in [9.17, 15) is 13.6 Å². The molecule has 1 unspecified atom stereocenters. The molecule has 1 fully saturated rings. The van der Waals surface area contributed by atoms with E-state index >= 15 is 0 Å². The molecule has 2 aromatic carbocycles. The number of piperidine rings is 1. The molecule has 1 saturated heterocycles. The van der Waals surface area contributed by atoms with Crippen LogP contribution in [0.15, 0.2) is 100 Å². The molecule has 2 heterocycles. The highest BCUT2D eigenvalue weighted by molar-refractivity contribution is 7.97. The molecule has 1 aliphatic carbocycles. The van der Waals surface area contributed by atoms with Gasteiger partial charge in [-0.2, -0.15) is 0 Å². The fourth-order valence-electron chi connectivity index (χ4n) is 4.72. The molecule has 0 saturated carbocycles. The van der Waals surface area contributed by atoms with Crippen molar-refractivity contribution in [1.82, 2.24) is 9.29 Å². The van der Waals surface area contributed by atoms with Gasteiger partial charge in [-0.3, -0.25) is 9.78 Å². The molecule has 5 rings (SSSR count). The number of nitrogens with zero attached hydrogens (tertiary/aromatic N) is 3. The van der Waals surface area contributed by atoms with E-state index in [0.717, 1.165) is 10.5 Å². The summed E-state index contributed by atoms with van der Waals surface area (Å²) in [7, 11) is 0. The summed E-state index contributed by atoms with van der Waals surface area (Å²) in [6, 6.07) is 15.8. The molecule has 9 heteroatoms. The highest BCUT2D eigenvalue weighted by Crippen LogP contribution is 2.48. The maximum absolute atomic E-state index is 14.1. The van der Waals surface area contributed by atoms with Crippen molar-refractivity contribution < 1.29 is 13.6 Å². The summed E-state index contributed by atoms with van der Waals surface area (Å²) < 4.78 is 29.2. The van der Waals surface area contributed by atoms with Crippen LogP contribution in [0.4, 0.5) is 14.5 Å². The lowest BCUT2D eigenvalue weighted by molar-refractivity contribution is 0.0776. The molecule has 0 bridgehead atoms. The maximum atomic E-state index is 14.1. The molecule has 0 spiro atoms. The van der Waals surface area contributed by atoms with Crippen molar-refractivity contribution >= 4 is 40.7 Å². The van der Waals surface area contributed by atoms with Crippen molar-refractivity contribution in [3.8, 4) is 0 Å². The van der Waals surface area contributed by atoms with Gasteiger partial charge in [0, 0.05) is 24.2 Å². The molecule has 0 amide bonds. The quantitative estimate of drug-likeness (QED) is 0.296. The number of aliphatic imine (C=N–C) groups is 1. The summed E-state index contributed by atoms with van der Waals surface area (Å²) in [5.41, 5.74) is 8.43. The Balaban J connectivity index is 1.54. The number of nitrogens with two attached hydrogens (primary N) is 1. The van der Waals surface area contributed by atoms with Crippen LogP contribution in [0.2, 0.25) is 5.02 Å². The lowest BCUT2D eigenvalue weighted by atomic mass is 9.64. The molecular weight excluding hydrogens is 514 g/mol. The fraction of sp³-hybridized carbons (Fsp3) is 0.179. The number of benzene rings is 2. The van der Waals surface area contributed by atoms with Crippen molar-refractivity contribution in [1.29, 1.82) is 0 Å². The molecule has 37 heavy (non-hydrogen) atoms. The topological polar surface area (TPSA) is 71.6 Å². The number of ketones is 1. The Hall–Kier alpha value is -3.33. The van der Waals surface area contributed by atoms with Crippen LogP contribution in [0.1, 0.15) is 23.3 Å². The SMILES string of the molecule is NC=C1CC2(C(=O)c3ccccn3)CN(Sc3ccc(F)c(Cl)c3)CCC2=CC1=Nc1ccc(F)cc1. The highest BCUT2D eigenvalue weighted by atomic mass is 35.5. The Kier molecular flexibility index (Phi) is 7.24. The van der Waals surface area contributed by atoms with Gasteiger partial charge in [-0.15, -0.1) is 0 Å². The molecule has 1 aromatic heterocycles. The lowest BCUT2D eigenvalue weighted by Gasteiger charge is -2.45. The second-order valence-corrected chi connectivity index (χ2v) is 10.5. The first-order chi connectivity index (χ1) is 17.9. The van der Waals surface area contributed by atoms with E-state index in [4.69, 9.17) is 22.3 Å². The first-order valence-electron chi connectivity index (χ1n) is 11.7. The fourth-order valence-corrected chi connectivity index (χ4v) is 6.03. The first kappa shape index (κ1) is 25.3. The Labute approximate surface area is 222 Å². The Bertz CT molecular complexity index is 1430. The maximum Gasteiger partial charge on any atom is 0.192 e. The van der Waals surface area contributed by atoms with Crippen LogP contribution in [0, 0.1) is 17.0 Å². The molecule has 2 aliphatic rings. The predicted molar refractivity (Wildman–Crippen MR) is 143 cm³/mol. The Morgan fingerprint density at radius 2 is 1.97 bits per heavy atom. The second kappa shape index (κ2) is 10.6. The van der Waals surface area contributed by atoms with E-state index in [1.165, 1.54) is 36.3 Å². The molecular formula is C28H23ClF2N4OS.